The van der Waals surface area contributed by atoms with Gasteiger partial charge in [0.2, 0.25) is 0 Å². The molecule has 2 rings (SSSR count). The fraction of sp³-hybridized carbons (Fsp3) is 0.500. The zero-order chi connectivity index (χ0) is 10.8. The molecule has 3 heteroatoms. The number of likely N-dealkylation sites (N-methyl/N-ethyl adjacent to an activating group) is 1. The normalized spacial score (nSPS) is 27.1. The molecule has 0 spiro atoms. The SMILES string of the molecule is CCN1CCC(O)C1c1cccc(Br)c1. The highest BCUT2D eigenvalue weighted by molar-refractivity contribution is 9.10. The maximum Gasteiger partial charge on any atom is 0.0749 e. The minimum absolute atomic E-state index is 0.174. The monoisotopic (exact) mass is 269 g/mol. The second kappa shape index (κ2) is 4.64. The first-order valence-corrected chi connectivity index (χ1v) is 6.19. The Morgan fingerprint density at radius 1 is 1.53 bits per heavy atom. The quantitative estimate of drug-likeness (QED) is 0.892. The summed E-state index contributed by atoms with van der Waals surface area (Å²) in [4.78, 5) is 2.33. The number of likely N-dealkylation sites (tertiary alicyclic amines) is 1. The summed E-state index contributed by atoms with van der Waals surface area (Å²) in [5.74, 6) is 0. The van der Waals surface area contributed by atoms with Crippen molar-refractivity contribution in [2.75, 3.05) is 13.1 Å². The molecule has 0 saturated carbocycles. The van der Waals surface area contributed by atoms with Crippen molar-refractivity contribution in [3.8, 4) is 0 Å². The molecule has 2 unspecified atom stereocenters. The molecule has 2 nitrogen and oxygen atoms in total. The van der Waals surface area contributed by atoms with Gasteiger partial charge in [-0.3, -0.25) is 4.90 Å². The Hall–Kier alpha value is -0.380. The van der Waals surface area contributed by atoms with Gasteiger partial charge in [-0.1, -0.05) is 35.0 Å². The predicted molar refractivity (Wildman–Crippen MR) is 64.8 cm³/mol. The first kappa shape index (κ1) is 11.1. The van der Waals surface area contributed by atoms with Crippen LogP contribution in [0.3, 0.4) is 0 Å². The molecular formula is C12H16BrNO. The fourth-order valence-electron chi connectivity index (χ4n) is 2.32. The third-order valence-electron chi connectivity index (χ3n) is 3.07. The summed E-state index contributed by atoms with van der Waals surface area (Å²) < 4.78 is 1.08. The number of nitrogens with zero attached hydrogens (tertiary/aromatic N) is 1. The molecule has 1 aromatic carbocycles. The van der Waals surface area contributed by atoms with Crippen molar-refractivity contribution in [3.05, 3.63) is 34.3 Å². The number of halogens is 1. The molecule has 0 aliphatic carbocycles. The Kier molecular flexibility index (Phi) is 3.44. The molecule has 1 saturated heterocycles. The highest BCUT2D eigenvalue weighted by Crippen LogP contribution is 2.32. The Balaban J connectivity index is 2.28. The highest BCUT2D eigenvalue weighted by atomic mass is 79.9. The third kappa shape index (κ3) is 2.25. The molecule has 0 aromatic heterocycles. The van der Waals surface area contributed by atoms with E-state index in [4.69, 9.17) is 0 Å². The van der Waals surface area contributed by atoms with Crippen LogP contribution < -0.4 is 0 Å². The lowest BCUT2D eigenvalue weighted by Gasteiger charge is -2.25. The first-order chi connectivity index (χ1) is 7.22. The van der Waals surface area contributed by atoms with E-state index in [-0.39, 0.29) is 12.1 Å². The zero-order valence-electron chi connectivity index (χ0n) is 8.86. The van der Waals surface area contributed by atoms with Gasteiger partial charge in [0, 0.05) is 11.0 Å². The van der Waals surface area contributed by atoms with Gasteiger partial charge in [-0.2, -0.15) is 0 Å². The lowest BCUT2D eigenvalue weighted by Crippen LogP contribution is -2.27. The minimum Gasteiger partial charge on any atom is -0.391 e. The maximum atomic E-state index is 9.98. The summed E-state index contributed by atoms with van der Waals surface area (Å²) in [5, 5.41) is 9.98. The van der Waals surface area contributed by atoms with Crippen LogP contribution in [0.2, 0.25) is 0 Å². The summed E-state index contributed by atoms with van der Waals surface area (Å²) >= 11 is 3.47. The van der Waals surface area contributed by atoms with E-state index >= 15 is 0 Å². The summed E-state index contributed by atoms with van der Waals surface area (Å²) in [6.45, 7) is 4.13. The topological polar surface area (TPSA) is 23.5 Å². The lowest BCUT2D eigenvalue weighted by atomic mass is 10.0. The molecule has 1 heterocycles. The Morgan fingerprint density at radius 2 is 2.33 bits per heavy atom. The van der Waals surface area contributed by atoms with Crippen LogP contribution in [0, 0.1) is 0 Å². The number of aliphatic hydroxyl groups is 1. The van der Waals surface area contributed by atoms with E-state index in [0.29, 0.717) is 0 Å². The van der Waals surface area contributed by atoms with E-state index in [2.05, 4.69) is 39.9 Å². The van der Waals surface area contributed by atoms with Crippen LogP contribution in [0.15, 0.2) is 28.7 Å². The molecule has 0 bridgehead atoms. The molecule has 1 aliphatic heterocycles. The molecule has 0 amide bonds. The molecule has 0 radical (unpaired) electrons. The van der Waals surface area contributed by atoms with E-state index in [9.17, 15) is 5.11 Å². The van der Waals surface area contributed by atoms with Crippen molar-refractivity contribution in [1.82, 2.24) is 4.90 Å². The summed E-state index contributed by atoms with van der Waals surface area (Å²) in [5.41, 5.74) is 1.20. The van der Waals surface area contributed by atoms with Crippen molar-refractivity contribution in [1.29, 1.82) is 0 Å². The highest BCUT2D eigenvalue weighted by Gasteiger charge is 2.32. The van der Waals surface area contributed by atoms with Crippen LogP contribution in [0.5, 0.6) is 0 Å². The first-order valence-electron chi connectivity index (χ1n) is 5.40. The van der Waals surface area contributed by atoms with Crippen LogP contribution >= 0.6 is 15.9 Å². The van der Waals surface area contributed by atoms with Gasteiger partial charge in [-0.25, -0.2) is 0 Å². The van der Waals surface area contributed by atoms with Crippen LogP contribution in [-0.4, -0.2) is 29.2 Å². The van der Waals surface area contributed by atoms with Gasteiger partial charge in [0.25, 0.3) is 0 Å². The average Bonchev–Trinajstić information content (AvgIpc) is 2.59. The van der Waals surface area contributed by atoms with Crippen molar-refractivity contribution < 1.29 is 5.11 Å². The number of hydrogen-bond acceptors (Lipinski definition) is 2. The molecule has 1 aliphatic rings. The molecule has 2 atom stereocenters. The van der Waals surface area contributed by atoms with Gasteiger partial charge in [0.1, 0.15) is 0 Å². The van der Waals surface area contributed by atoms with Crippen LogP contribution in [0.1, 0.15) is 24.9 Å². The average molecular weight is 270 g/mol. The summed E-state index contributed by atoms with van der Waals surface area (Å²) in [6.07, 6.45) is 0.657. The van der Waals surface area contributed by atoms with Gasteiger partial charge >= 0.3 is 0 Å². The van der Waals surface area contributed by atoms with Crippen molar-refractivity contribution >= 4 is 15.9 Å². The summed E-state index contributed by atoms with van der Waals surface area (Å²) in [7, 11) is 0. The van der Waals surface area contributed by atoms with Crippen LogP contribution in [-0.2, 0) is 0 Å². The molecular weight excluding hydrogens is 254 g/mol. The van der Waals surface area contributed by atoms with E-state index in [1.54, 1.807) is 0 Å². The smallest absolute Gasteiger partial charge is 0.0749 e. The van der Waals surface area contributed by atoms with Gasteiger partial charge in [0.15, 0.2) is 0 Å². The number of benzene rings is 1. The maximum absolute atomic E-state index is 9.98. The van der Waals surface area contributed by atoms with Gasteiger partial charge < -0.3 is 5.11 Å². The third-order valence-corrected chi connectivity index (χ3v) is 3.56. The Bertz CT molecular complexity index is 342. The van der Waals surface area contributed by atoms with E-state index in [1.165, 1.54) is 5.56 Å². The molecule has 1 N–H and O–H groups in total. The molecule has 1 aromatic rings. The lowest BCUT2D eigenvalue weighted by molar-refractivity contribution is 0.119. The van der Waals surface area contributed by atoms with Crippen molar-refractivity contribution in [2.45, 2.75) is 25.5 Å². The number of aliphatic hydroxyl groups excluding tert-OH is 1. The minimum atomic E-state index is -0.223. The van der Waals surface area contributed by atoms with Crippen LogP contribution in [0.25, 0.3) is 0 Å². The standard InChI is InChI=1S/C12H16BrNO/c1-2-14-7-6-11(15)12(14)9-4-3-5-10(13)8-9/h3-5,8,11-12,15H,2,6-7H2,1H3. The second-order valence-corrected chi connectivity index (χ2v) is 4.90. The Morgan fingerprint density at radius 3 is 3.00 bits per heavy atom. The number of rotatable bonds is 2. The van der Waals surface area contributed by atoms with Gasteiger partial charge in [-0.15, -0.1) is 0 Å². The van der Waals surface area contributed by atoms with Gasteiger partial charge in [0.05, 0.1) is 12.1 Å². The second-order valence-electron chi connectivity index (χ2n) is 3.98. The van der Waals surface area contributed by atoms with E-state index in [0.717, 1.165) is 24.0 Å². The van der Waals surface area contributed by atoms with E-state index in [1.807, 2.05) is 12.1 Å². The summed E-state index contributed by atoms with van der Waals surface area (Å²) in [6, 6.07) is 8.40. The van der Waals surface area contributed by atoms with Crippen LogP contribution in [0.4, 0.5) is 0 Å². The molecule has 15 heavy (non-hydrogen) atoms. The Labute approximate surface area is 99.0 Å². The fourth-order valence-corrected chi connectivity index (χ4v) is 2.73. The molecule has 82 valence electrons. The zero-order valence-corrected chi connectivity index (χ0v) is 10.4. The molecule has 1 fully saturated rings. The van der Waals surface area contributed by atoms with Crippen molar-refractivity contribution in [3.63, 3.8) is 0 Å². The number of hydrogen-bond donors (Lipinski definition) is 1. The largest absolute Gasteiger partial charge is 0.391 e. The van der Waals surface area contributed by atoms with Crippen molar-refractivity contribution in [2.24, 2.45) is 0 Å². The predicted octanol–water partition coefficient (Wildman–Crippen LogP) is 2.58. The van der Waals surface area contributed by atoms with E-state index < -0.39 is 0 Å². The van der Waals surface area contributed by atoms with Gasteiger partial charge in [-0.05, 0) is 30.7 Å².